The Morgan fingerprint density at radius 2 is 1.97 bits per heavy atom. The molecule has 3 rings (SSSR count). The monoisotopic (exact) mass is 419 g/mol. The predicted molar refractivity (Wildman–Crippen MR) is 96.7 cm³/mol. The van der Waals surface area contributed by atoms with E-state index in [4.69, 9.17) is 14.4 Å². The van der Waals surface area contributed by atoms with Gasteiger partial charge in [0.05, 0.1) is 11.3 Å². The van der Waals surface area contributed by atoms with Gasteiger partial charge in [0.15, 0.2) is 11.1 Å². The normalized spacial score (nSPS) is 11.4. The van der Waals surface area contributed by atoms with Crippen LogP contribution in [0.3, 0.4) is 0 Å². The van der Waals surface area contributed by atoms with Gasteiger partial charge < -0.3 is 14.4 Å². The van der Waals surface area contributed by atoms with Crippen molar-refractivity contribution in [2.24, 2.45) is 0 Å². The second kappa shape index (κ2) is 8.59. The van der Waals surface area contributed by atoms with Crippen LogP contribution >= 0.6 is 0 Å². The molecule has 1 aromatic heterocycles. The summed E-state index contributed by atoms with van der Waals surface area (Å²) in [6.45, 7) is 0. The van der Waals surface area contributed by atoms with Crippen LogP contribution in [0.15, 0.2) is 36.4 Å². The van der Waals surface area contributed by atoms with Gasteiger partial charge in [-0.05, 0) is 24.3 Å². The zero-order valence-corrected chi connectivity index (χ0v) is 15.2. The molecule has 0 saturated heterocycles. The van der Waals surface area contributed by atoms with Crippen LogP contribution in [0.2, 0.25) is 0 Å². The fraction of sp³-hybridized carbons (Fsp3) is 0.0556. The van der Waals surface area contributed by atoms with Crippen LogP contribution in [0.5, 0.6) is 11.6 Å². The smallest absolute Gasteiger partial charge is 0.359 e. The number of rotatable bonds is 5. The van der Waals surface area contributed by atoms with Crippen molar-refractivity contribution in [2.75, 3.05) is 0 Å². The Morgan fingerprint density at radius 3 is 2.62 bits per heavy atom. The number of benzene rings is 2. The van der Waals surface area contributed by atoms with Gasteiger partial charge in [-0.15, -0.1) is 0 Å². The minimum atomic E-state index is -2.17. The number of nitrogens with zero attached hydrogens (tertiary/aromatic N) is 2. The summed E-state index contributed by atoms with van der Waals surface area (Å²) < 4.78 is 52.9. The molecule has 0 aliphatic carbocycles. The molecule has 3 aromatic rings. The van der Waals surface area contributed by atoms with Crippen LogP contribution < -0.4 is 4.74 Å². The number of carboxylic acids is 1. The zero-order chi connectivity index (χ0) is 21.0. The average molecular weight is 419 g/mol. The molecule has 1 heterocycles. The maximum absolute atomic E-state index is 14.2. The van der Waals surface area contributed by atoms with Crippen LogP contribution in [0, 0.1) is 23.5 Å². The number of halogens is 2. The lowest BCUT2D eigenvalue weighted by Crippen LogP contribution is -2.00. The molecular weight excluding hydrogens is 408 g/mol. The van der Waals surface area contributed by atoms with Crippen molar-refractivity contribution < 1.29 is 32.2 Å². The van der Waals surface area contributed by atoms with E-state index in [9.17, 15) is 17.8 Å². The molecule has 11 heteroatoms. The highest BCUT2D eigenvalue weighted by Crippen LogP contribution is 2.23. The van der Waals surface area contributed by atoms with Gasteiger partial charge in [-0.1, -0.05) is 28.2 Å². The third-order valence-corrected chi connectivity index (χ3v) is 4.12. The Kier molecular flexibility index (Phi) is 5.96. The van der Waals surface area contributed by atoms with Crippen molar-refractivity contribution in [1.29, 1.82) is 0 Å². The first-order valence-corrected chi connectivity index (χ1v) is 9.10. The molecular formula is C18H11F2N3O5S. The van der Waals surface area contributed by atoms with E-state index < -0.39 is 28.7 Å². The molecule has 29 heavy (non-hydrogen) atoms. The molecule has 0 aliphatic heterocycles. The van der Waals surface area contributed by atoms with Crippen LogP contribution in [0.4, 0.5) is 8.78 Å². The highest BCUT2D eigenvalue weighted by molar-refractivity contribution is 7.78. The first-order chi connectivity index (χ1) is 13.8. The number of aromatic nitrogens is 3. The quantitative estimate of drug-likeness (QED) is 0.429. The maximum Gasteiger partial charge on any atom is 0.359 e. The van der Waals surface area contributed by atoms with Gasteiger partial charge in [-0.3, -0.25) is 0 Å². The molecule has 2 aromatic carbocycles. The lowest BCUT2D eigenvalue weighted by molar-refractivity contribution is 0.0687. The summed E-state index contributed by atoms with van der Waals surface area (Å²) in [7, 11) is 0. The van der Waals surface area contributed by atoms with E-state index in [2.05, 4.69) is 27.3 Å². The van der Waals surface area contributed by atoms with Crippen molar-refractivity contribution in [3.05, 3.63) is 70.4 Å². The zero-order valence-electron chi connectivity index (χ0n) is 14.3. The van der Waals surface area contributed by atoms with Crippen molar-refractivity contribution in [1.82, 2.24) is 15.4 Å². The lowest BCUT2D eigenvalue weighted by Gasteiger charge is -2.03. The van der Waals surface area contributed by atoms with E-state index >= 15 is 0 Å². The van der Waals surface area contributed by atoms with Gasteiger partial charge in [0.1, 0.15) is 17.4 Å². The summed E-state index contributed by atoms with van der Waals surface area (Å²) in [6, 6.07) is 7.52. The number of H-pyrrole nitrogens is 1. The fourth-order valence-electron chi connectivity index (χ4n) is 2.22. The summed E-state index contributed by atoms with van der Waals surface area (Å²) in [4.78, 5) is 11.0. The molecule has 0 saturated carbocycles. The van der Waals surface area contributed by atoms with E-state index in [1.54, 1.807) is 0 Å². The Balaban J connectivity index is 1.78. The van der Waals surface area contributed by atoms with Crippen molar-refractivity contribution in [2.45, 2.75) is 5.75 Å². The summed E-state index contributed by atoms with van der Waals surface area (Å²) in [5.41, 5.74) is -0.0669. The van der Waals surface area contributed by atoms with E-state index in [0.717, 1.165) is 12.1 Å². The minimum absolute atomic E-state index is 0.00286. The van der Waals surface area contributed by atoms with Crippen LogP contribution in [-0.4, -0.2) is 35.2 Å². The summed E-state index contributed by atoms with van der Waals surface area (Å²) in [5, 5.41) is 17.9. The summed E-state index contributed by atoms with van der Waals surface area (Å²) >= 11 is -2.17. The molecule has 0 aliphatic rings. The molecule has 1 unspecified atom stereocenters. The Morgan fingerprint density at radius 1 is 1.17 bits per heavy atom. The average Bonchev–Trinajstić information content (AvgIpc) is 3.11. The van der Waals surface area contributed by atoms with Crippen molar-refractivity contribution in [3.63, 3.8) is 0 Å². The first kappa shape index (κ1) is 20.1. The topological polar surface area (TPSA) is 125 Å². The van der Waals surface area contributed by atoms with Gasteiger partial charge >= 0.3 is 5.97 Å². The SMILES string of the molecule is O=C(O)c1[nH]nnc1Oc1ccc(C#Cc2ccc(CS(=O)O)c(F)c2)c(F)c1. The van der Waals surface area contributed by atoms with Crippen LogP contribution in [0.25, 0.3) is 0 Å². The molecule has 148 valence electrons. The van der Waals surface area contributed by atoms with Gasteiger partial charge in [-0.2, -0.15) is 0 Å². The van der Waals surface area contributed by atoms with Gasteiger partial charge in [0.2, 0.25) is 5.69 Å². The number of hydrogen-bond donors (Lipinski definition) is 3. The van der Waals surface area contributed by atoms with Gasteiger partial charge in [-0.25, -0.2) is 22.9 Å². The molecule has 0 radical (unpaired) electrons. The molecule has 1 atom stereocenters. The number of ether oxygens (including phenoxy) is 1. The van der Waals surface area contributed by atoms with E-state index in [-0.39, 0.29) is 39.8 Å². The van der Waals surface area contributed by atoms with E-state index in [1.807, 2.05) is 0 Å². The maximum atomic E-state index is 14.2. The van der Waals surface area contributed by atoms with Gasteiger partial charge in [0, 0.05) is 17.2 Å². The van der Waals surface area contributed by atoms with Crippen molar-refractivity contribution >= 4 is 17.0 Å². The molecule has 3 N–H and O–H groups in total. The first-order valence-electron chi connectivity index (χ1n) is 7.83. The minimum Gasteiger partial charge on any atom is -0.476 e. The molecule has 8 nitrogen and oxygen atoms in total. The molecule has 0 spiro atoms. The third kappa shape index (κ3) is 5.01. The highest BCUT2D eigenvalue weighted by Gasteiger charge is 2.17. The third-order valence-electron chi connectivity index (χ3n) is 3.56. The van der Waals surface area contributed by atoms with Gasteiger partial charge in [0.25, 0.3) is 5.88 Å². The fourth-order valence-corrected chi connectivity index (χ4v) is 2.72. The molecule has 0 amide bonds. The van der Waals surface area contributed by atoms with E-state index in [0.29, 0.717) is 0 Å². The van der Waals surface area contributed by atoms with Crippen molar-refractivity contribution in [3.8, 4) is 23.5 Å². The predicted octanol–water partition coefficient (Wildman–Crippen LogP) is 2.69. The number of nitrogens with one attached hydrogen (secondary N) is 1. The molecule has 0 fully saturated rings. The van der Waals surface area contributed by atoms with Crippen LogP contribution in [0.1, 0.15) is 27.2 Å². The highest BCUT2D eigenvalue weighted by atomic mass is 32.2. The number of aromatic amines is 1. The van der Waals surface area contributed by atoms with Crippen LogP contribution in [-0.2, 0) is 16.8 Å². The summed E-state index contributed by atoms with van der Waals surface area (Å²) in [6.07, 6.45) is 0. The number of carboxylic acid groups (broad SMARTS) is 1. The number of aromatic carboxylic acids is 1. The second-order valence-corrected chi connectivity index (χ2v) is 6.49. The molecule has 0 bridgehead atoms. The Labute approximate surface area is 164 Å². The van der Waals surface area contributed by atoms with E-state index in [1.165, 1.54) is 24.3 Å². The number of hydrogen-bond acceptors (Lipinski definition) is 5. The standard InChI is InChI=1S/C18H11F2N3O5S/c19-14-7-10(2-4-12(14)9-29(26)27)1-3-11-5-6-13(8-15(11)20)28-17-16(18(24)25)21-23-22-17/h2,4-8H,9H2,(H,24,25)(H,26,27)(H,21,22,23). The second-order valence-electron chi connectivity index (χ2n) is 5.56. The number of carbonyl (C=O) groups is 1. The Hall–Kier alpha value is -3.62. The Bertz CT molecular complexity index is 1170. The summed E-state index contributed by atoms with van der Waals surface area (Å²) in [5.74, 6) is 1.69. The largest absolute Gasteiger partial charge is 0.476 e. The lowest BCUT2D eigenvalue weighted by atomic mass is 10.1.